The summed E-state index contributed by atoms with van der Waals surface area (Å²) in [4.78, 5) is 18.0. The maximum atomic E-state index is 12.7. The van der Waals surface area contributed by atoms with E-state index in [0.29, 0.717) is 24.6 Å². The summed E-state index contributed by atoms with van der Waals surface area (Å²) < 4.78 is 16.4. The van der Waals surface area contributed by atoms with Crippen molar-refractivity contribution in [2.75, 3.05) is 27.4 Å². The van der Waals surface area contributed by atoms with Crippen LogP contribution in [0.1, 0.15) is 11.3 Å². The first-order chi connectivity index (χ1) is 13.2. The minimum atomic E-state index is -0.0381. The highest BCUT2D eigenvalue weighted by Gasteiger charge is 2.25. The van der Waals surface area contributed by atoms with Crippen LogP contribution in [0, 0.1) is 0 Å². The van der Waals surface area contributed by atoms with Crippen molar-refractivity contribution in [1.29, 1.82) is 0 Å². The fourth-order valence-electron chi connectivity index (χ4n) is 3.56. The monoisotopic (exact) mass is 366 g/mol. The number of methoxy groups -OCH3 is 2. The van der Waals surface area contributed by atoms with Crippen LogP contribution >= 0.6 is 0 Å². The summed E-state index contributed by atoms with van der Waals surface area (Å²) >= 11 is 0. The molecule has 3 aromatic rings. The summed E-state index contributed by atoms with van der Waals surface area (Å²) in [5, 5.41) is 1.10. The molecule has 0 bridgehead atoms. The molecule has 4 rings (SSSR count). The highest BCUT2D eigenvalue weighted by atomic mass is 16.5. The summed E-state index contributed by atoms with van der Waals surface area (Å²) in [5.41, 5.74) is 3.31. The molecule has 0 unspecified atom stereocenters. The molecule has 0 saturated carbocycles. The third-order valence-corrected chi connectivity index (χ3v) is 4.97. The van der Waals surface area contributed by atoms with E-state index in [4.69, 9.17) is 14.2 Å². The van der Waals surface area contributed by atoms with Crippen LogP contribution in [0.3, 0.4) is 0 Å². The van der Waals surface area contributed by atoms with E-state index in [1.54, 1.807) is 20.3 Å². The summed E-state index contributed by atoms with van der Waals surface area (Å²) in [6.07, 6.45) is 0.785. The summed E-state index contributed by atoms with van der Waals surface area (Å²) in [6.45, 7) is 1.22. The van der Waals surface area contributed by atoms with Gasteiger partial charge in [0.1, 0.15) is 5.75 Å². The molecule has 0 spiro atoms. The van der Waals surface area contributed by atoms with Gasteiger partial charge in [0.15, 0.2) is 18.1 Å². The van der Waals surface area contributed by atoms with E-state index in [-0.39, 0.29) is 12.5 Å². The molecule has 140 valence electrons. The number of hydrogen-bond donors (Lipinski definition) is 1. The van der Waals surface area contributed by atoms with Crippen LogP contribution in [-0.2, 0) is 17.8 Å². The first-order valence-corrected chi connectivity index (χ1v) is 8.91. The number of carbonyl (C=O) groups is 1. The second kappa shape index (κ2) is 7.23. The average Bonchev–Trinajstić information content (AvgIpc) is 3.10. The Balaban J connectivity index is 1.50. The van der Waals surface area contributed by atoms with Crippen molar-refractivity contribution in [2.24, 2.45) is 0 Å². The zero-order valence-corrected chi connectivity index (χ0v) is 15.5. The van der Waals surface area contributed by atoms with E-state index in [1.165, 1.54) is 5.69 Å². The number of rotatable bonds is 5. The Hall–Kier alpha value is -3.15. The molecule has 0 radical (unpaired) electrons. The number of nitrogens with zero attached hydrogens (tertiary/aromatic N) is 1. The molecule has 0 saturated heterocycles. The maximum Gasteiger partial charge on any atom is 0.260 e. The van der Waals surface area contributed by atoms with Crippen molar-refractivity contribution in [3.05, 3.63) is 53.7 Å². The van der Waals surface area contributed by atoms with Crippen LogP contribution in [0.2, 0.25) is 0 Å². The standard InChI is InChI=1S/C21H22N2O4/c1-25-17-7-3-4-8-18(17)27-13-20(24)23-11-10-16-15(12-23)14-6-5-9-19(26-2)21(14)22-16/h3-9,22H,10-13H2,1-2H3. The number of carbonyl (C=O) groups excluding carboxylic acids is 1. The predicted octanol–water partition coefficient (Wildman–Crippen LogP) is 3.15. The largest absolute Gasteiger partial charge is 0.495 e. The van der Waals surface area contributed by atoms with E-state index < -0.39 is 0 Å². The predicted molar refractivity (Wildman–Crippen MR) is 102 cm³/mol. The molecule has 1 aliphatic rings. The van der Waals surface area contributed by atoms with Crippen LogP contribution in [0.25, 0.3) is 10.9 Å². The third kappa shape index (κ3) is 3.18. The van der Waals surface area contributed by atoms with Crippen molar-refractivity contribution >= 4 is 16.8 Å². The van der Waals surface area contributed by atoms with Gasteiger partial charge in [-0.1, -0.05) is 24.3 Å². The first-order valence-electron chi connectivity index (χ1n) is 8.91. The lowest BCUT2D eigenvalue weighted by atomic mass is 10.0. The lowest BCUT2D eigenvalue weighted by Crippen LogP contribution is -2.38. The van der Waals surface area contributed by atoms with Crippen molar-refractivity contribution < 1.29 is 19.0 Å². The van der Waals surface area contributed by atoms with Gasteiger partial charge in [-0.2, -0.15) is 0 Å². The molecule has 0 aliphatic carbocycles. The van der Waals surface area contributed by atoms with Gasteiger partial charge in [0.05, 0.1) is 19.7 Å². The molecule has 6 nitrogen and oxygen atoms in total. The number of aromatic amines is 1. The number of H-pyrrole nitrogens is 1. The highest BCUT2D eigenvalue weighted by molar-refractivity contribution is 5.90. The number of para-hydroxylation sites is 3. The molecule has 2 aromatic carbocycles. The van der Waals surface area contributed by atoms with Gasteiger partial charge in [0.2, 0.25) is 0 Å². The van der Waals surface area contributed by atoms with Gasteiger partial charge in [-0.15, -0.1) is 0 Å². The Bertz CT molecular complexity index is 979. The summed E-state index contributed by atoms with van der Waals surface area (Å²) in [6, 6.07) is 13.3. The number of fused-ring (bicyclic) bond motifs is 3. The topological polar surface area (TPSA) is 63.8 Å². The molecule has 1 aliphatic heterocycles. The van der Waals surface area contributed by atoms with Gasteiger partial charge in [-0.25, -0.2) is 0 Å². The minimum Gasteiger partial charge on any atom is -0.495 e. The fraction of sp³-hybridized carbons (Fsp3) is 0.286. The van der Waals surface area contributed by atoms with Gasteiger partial charge in [0, 0.05) is 36.2 Å². The number of benzene rings is 2. The van der Waals surface area contributed by atoms with Crippen molar-refractivity contribution in [3.63, 3.8) is 0 Å². The Labute approximate surface area is 157 Å². The fourth-order valence-corrected chi connectivity index (χ4v) is 3.56. The molecule has 27 heavy (non-hydrogen) atoms. The van der Waals surface area contributed by atoms with E-state index in [1.807, 2.05) is 35.2 Å². The molecular formula is C21H22N2O4. The Morgan fingerprint density at radius 2 is 1.78 bits per heavy atom. The van der Waals surface area contributed by atoms with Gasteiger partial charge in [0.25, 0.3) is 5.91 Å². The lowest BCUT2D eigenvalue weighted by Gasteiger charge is -2.27. The normalized spacial score (nSPS) is 13.3. The molecule has 1 aromatic heterocycles. The second-order valence-electron chi connectivity index (χ2n) is 6.47. The lowest BCUT2D eigenvalue weighted by molar-refractivity contribution is -0.134. The molecule has 1 N–H and O–H groups in total. The van der Waals surface area contributed by atoms with Crippen LogP contribution in [-0.4, -0.2) is 43.2 Å². The number of nitrogens with one attached hydrogen (secondary N) is 1. The van der Waals surface area contributed by atoms with E-state index in [9.17, 15) is 4.79 Å². The van der Waals surface area contributed by atoms with Crippen LogP contribution in [0.5, 0.6) is 17.2 Å². The average molecular weight is 366 g/mol. The van der Waals surface area contributed by atoms with Crippen LogP contribution in [0.4, 0.5) is 0 Å². The van der Waals surface area contributed by atoms with Crippen LogP contribution < -0.4 is 14.2 Å². The Morgan fingerprint density at radius 3 is 2.56 bits per heavy atom. The Kier molecular flexibility index (Phi) is 4.62. The summed E-state index contributed by atoms with van der Waals surface area (Å²) in [5.74, 6) is 1.97. The molecular weight excluding hydrogens is 344 g/mol. The number of hydrogen-bond acceptors (Lipinski definition) is 4. The van der Waals surface area contributed by atoms with Crippen LogP contribution in [0.15, 0.2) is 42.5 Å². The van der Waals surface area contributed by atoms with E-state index >= 15 is 0 Å². The highest BCUT2D eigenvalue weighted by Crippen LogP contribution is 2.33. The minimum absolute atomic E-state index is 0.0125. The zero-order valence-electron chi connectivity index (χ0n) is 15.5. The number of aromatic nitrogens is 1. The van der Waals surface area contributed by atoms with Gasteiger partial charge < -0.3 is 24.1 Å². The van der Waals surface area contributed by atoms with Gasteiger partial charge >= 0.3 is 0 Å². The summed E-state index contributed by atoms with van der Waals surface area (Å²) in [7, 11) is 3.25. The molecule has 6 heteroatoms. The van der Waals surface area contributed by atoms with E-state index in [2.05, 4.69) is 11.1 Å². The molecule has 0 fully saturated rings. The Morgan fingerprint density at radius 1 is 1.04 bits per heavy atom. The van der Waals surface area contributed by atoms with Crippen molar-refractivity contribution in [1.82, 2.24) is 9.88 Å². The number of amides is 1. The van der Waals surface area contributed by atoms with Gasteiger partial charge in [-0.05, 0) is 18.2 Å². The first kappa shape index (κ1) is 17.3. The number of ether oxygens (including phenoxy) is 3. The third-order valence-electron chi connectivity index (χ3n) is 4.97. The molecule has 1 amide bonds. The van der Waals surface area contributed by atoms with Gasteiger partial charge in [-0.3, -0.25) is 4.79 Å². The SMILES string of the molecule is COc1ccccc1OCC(=O)N1CCc2[nH]c3c(OC)cccc3c2C1. The maximum absolute atomic E-state index is 12.7. The van der Waals surface area contributed by atoms with Crippen molar-refractivity contribution in [3.8, 4) is 17.2 Å². The quantitative estimate of drug-likeness (QED) is 0.753. The molecule has 0 atom stereocenters. The zero-order chi connectivity index (χ0) is 18.8. The van der Waals surface area contributed by atoms with E-state index in [0.717, 1.165) is 28.6 Å². The second-order valence-corrected chi connectivity index (χ2v) is 6.47. The van der Waals surface area contributed by atoms with Crippen molar-refractivity contribution in [2.45, 2.75) is 13.0 Å². The molecule has 2 heterocycles. The smallest absolute Gasteiger partial charge is 0.260 e.